The third-order valence-corrected chi connectivity index (χ3v) is 5.06. The largest absolute Gasteiger partial charge is 0.361 e. The molecule has 0 spiro atoms. The smallest absolute Gasteiger partial charge is 0.261 e. The molecule has 0 aliphatic carbocycles. The zero-order valence-electron chi connectivity index (χ0n) is 14.7. The highest BCUT2D eigenvalue weighted by atomic mass is 35.5. The number of carbonyl (C=O) groups is 1. The highest BCUT2D eigenvalue weighted by molar-refractivity contribution is 7.18. The van der Waals surface area contributed by atoms with E-state index in [1.54, 1.807) is 41.2 Å². The topological polar surface area (TPSA) is 87.0 Å². The van der Waals surface area contributed by atoms with E-state index in [1.807, 2.05) is 24.3 Å². The summed E-state index contributed by atoms with van der Waals surface area (Å²) in [6.45, 7) is 0.211. The minimum atomic E-state index is -0.234. The Hall–Kier alpha value is -3.16. The van der Waals surface area contributed by atoms with Gasteiger partial charge in [0.15, 0.2) is 0 Å². The lowest BCUT2D eigenvalue weighted by atomic mass is 10.2. The van der Waals surface area contributed by atoms with Gasteiger partial charge in [-0.1, -0.05) is 17.7 Å². The Morgan fingerprint density at radius 2 is 1.93 bits per heavy atom. The second-order valence-electron chi connectivity index (χ2n) is 5.75. The summed E-state index contributed by atoms with van der Waals surface area (Å²) in [6.07, 6.45) is 4.53. The molecular formula is C20H17ClN4O2S. The molecule has 3 N–H and O–H groups in total. The number of nitrogens with zero attached hydrogens (tertiary/aromatic N) is 1. The molecule has 2 heterocycles. The maximum atomic E-state index is 12.0. The summed E-state index contributed by atoms with van der Waals surface area (Å²) in [4.78, 5) is 24.4. The Morgan fingerprint density at radius 3 is 2.57 bits per heavy atom. The van der Waals surface area contributed by atoms with Gasteiger partial charge in [0.05, 0.1) is 9.21 Å². The van der Waals surface area contributed by atoms with Crippen molar-refractivity contribution in [2.75, 3.05) is 11.9 Å². The third-order valence-electron chi connectivity index (χ3n) is 3.83. The molecule has 0 unspecified atom stereocenters. The molecule has 0 saturated heterocycles. The molecule has 0 bridgehead atoms. The molecule has 0 saturated carbocycles. The molecule has 3 rings (SSSR count). The summed E-state index contributed by atoms with van der Waals surface area (Å²) in [6, 6.07) is 15.6. The van der Waals surface area contributed by atoms with Crippen molar-refractivity contribution in [3.05, 3.63) is 92.1 Å². The summed E-state index contributed by atoms with van der Waals surface area (Å²) >= 11 is 7.04. The standard InChI is InChI=1S/C20H17ClN4O2S/c21-18-9-8-17(28-18)20(27)24-13-14(11-22)12-23-15-4-6-16(7-5-15)25-10-2-1-3-19(25)26/h1-12,22-23H,13H2,(H,24,27)/b14-12+,22-11?. The minimum Gasteiger partial charge on any atom is -0.361 e. The summed E-state index contributed by atoms with van der Waals surface area (Å²) < 4.78 is 2.10. The van der Waals surface area contributed by atoms with Crippen LogP contribution >= 0.6 is 22.9 Å². The quantitative estimate of drug-likeness (QED) is 0.514. The minimum absolute atomic E-state index is 0.100. The summed E-state index contributed by atoms with van der Waals surface area (Å²) in [5.41, 5.74) is 2.05. The Balaban J connectivity index is 1.61. The van der Waals surface area contributed by atoms with Crippen molar-refractivity contribution in [2.45, 2.75) is 0 Å². The van der Waals surface area contributed by atoms with E-state index in [2.05, 4.69) is 10.6 Å². The lowest BCUT2D eigenvalue weighted by molar-refractivity contribution is 0.0961. The Bertz CT molecular complexity index is 1070. The first-order chi connectivity index (χ1) is 13.6. The number of pyridine rings is 1. The fourth-order valence-corrected chi connectivity index (χ4v) is 3.34. The van der Waals surface area contributed by atoms with E-state index in [1.165, 1.54) is 23.6 Å². The number of nitrogens with one attached hydrogen (secondary N) is 3. The van der Waals surface area contributed by atoms with Gasteiger partial charge in [0.25, 0.3) is 11.5 Å². The lowest BCUT2D eigenvalue weighted by Gasteiger charge is -2.08. The number of aromatic nitrogens is 1. The van der Waals surface area contributed by atoms with Gasteiger partial charge >= 0.3 is 0 Å². The molecule has 0 fully saturated rings. The van der Waals surface area contributed by atoms with E-state index in [4.69, 9.17) is 17.0 Å². The van der Waals surface area contributed by atoms with Crippen LogP contribution in [0, 0.1) is 5.41 Å². The van der Waals surface area contributed by atoms with Gasteiger partial charge in [-0.15, -0.1) is 11.3 Å². The second-order valence-corrected chi connectivity index (χ2v) is 7.47. The monoisotopic (exact) mass is 412 g/mol. The van der Waals surface area contributed by atoms with Crippen LogP contribution in [0.2, 0.25) is 4.34 Å². The number of hydrogen-bond acceptors (Lipinski definition) is 5. The van der Waals surface area contributed by atoms with Gasteiger partial charge in [-0.2, -0.15) is 0 Å². The van der Waals surface area contributed by atoms with Gasteiger partial charge < -0.3 is 16.0 Å². The zero-order chi connectivity index (χ0) is 19.9. The highest BCUT2D eigenvalue weighted by Crippen LogP contribution is 2.21. The number of hydrogen-bond donors (Lipinski definition) is 3. The number of carbonyl (C=O) groups excluding carboxylic acids is 1. The second kappa shape index (κ2) is 9.16. The molecule has 2 aromatic heterocycles. The van der Waals surface area contributed by atoms with Crippen molar-refractivity contribution < 1.29 is 4.79 Å². The molecule has 142 valence electrons. The molecule has 1 amide bonds. The third kappa shape index (κ3) is 4.97. The van der Waals surface area contributed by atoms with Gasteiger partial charge in [0.2, 0.25) is 0 Å². The van der Waals surface area contributed by atoms with Crippen molar-refractivity contribution in [2.24, 2.45) is 0 Å². The number of benzene rings is 1. The van der Waals surface area contributed by atoms with Crippen LogP contribution in [0.3, 0.4) is 0 Å². The van der Waals surface area contributed by atoms with Gasteiger partial charge in [-0.25, -0.2) is 0 Å². The van der Waals surface area contributed by atoms with Gasteiger partial charge in [0, 0.05) is 48.2 Å². The van der Waals surface area contributed by atoms with Gasteiger partial charge in [-0.05, 0) is 42.5 Å². The van der Waals surface area contributed by atoms with Crippen LogP contribution in [0.25, 0.3) is 5.69 Å². The van der Waals surface area contributed by atoms with E-state index >= 15 is 0 Å². The maximum absolute atomic E-state index is 12.0. The predicted octanol–water partition coefficient (Wildman–Crippen LogP) is 3.93. The first kappa shape index (κ1) is 19.6. The van der Waals surface area contributed by atoms with E-state index in [9.17, 15) is 9.59 Å². The van der Waals surface area contributed by atoms with E-state index in [-0.39, 0.29) is 18.0 Å². The van der Waals surface area contributed by atoms with Crippen molar-refractivity contribution in [3.63, 3.8) is 0 Å². The first-order valence-corrected chi connectivity index (χ1v) is 9.54. The average Bonchev–Trinajstić information content (AvgIpc) is 3.15. The molecule has 0 aliphatic rings. The van der Waals surface area contributed by atoms with E-state index in [0.717, 1.165) is 11.4 Å². The normalized spacial score (nSPS) is 11.1. The predicted molar refractivity (Wildman–Crippen MR) is 114 cm³/mol. The average molecular weight is 413 g/mol. The van der Waals surface area contributed by atoms with Crippen molar-refractivity contribution in [1.82, 2.24) is 9.88 Å². The lowest BCUT2D eigenvalue weighted by Crippen LogP contribution is -2.25. The van der Waals surface area contributed by atoms with Crippen molar-refractivity contribution >= 4 is 40.7 Å². The molecule has 0 aliphatic heterocycles. The number of rotatable bonds is 7. The van der Waals surface area contributed by atoms with Crippen LogP contribution in [0.4, 0.5) is 5.69 Å². The number of amides is 1. The SMILES string of the molecule is N=C/C(=C\Nc1ccc(-n2ccccc2=O)cc1)CNC(=O)c1ccc(Cl)s1. The molecule has 6 nitrogen and oxygen atoms in total. The van der Waals surface area contributed by atoms with Crippen LogP contribution in [0.5, 0.6) is 0 Å². The fraction of sp³-hybridized carbons (Fsp3) is 0.0500. The van der Waals surface area contributed by atoms with E-state index in [0.29, 0.717) is 14.8 Å². The Kier molecular flexibility index (Phi) is 6.41. The molecule has 8 heteroatoms. The Morgan fingerprint density at radius 1 is 1.14 bits per heavy atom. The van der Waals surface area contributed by atoms with Crippen LogP contribution in [-0.4, -0.2) is 23.2 Å². The number of halogens is 1. The molecular weight excluding hydrogens is 396 g/mol. The summed E-state index contributed by atoms with van der Waals surface area (Å²) in [5, 5.41) is 13.3. The Labute approximate surface area is 170 Å². The fourth-order valence-electron chi connectivity index (χ4n) is 2.38. The molecule has 0 atom stereocenters. The molecule has 28 heavy (non-hydrogen) atoms. The number of thiophene rings is 1. The molecule has 3 aromatic rings. The van der Waals surface area contributed by atoms with Gasteiger partial charge in [0.1, 0.15) is 0 Å². The molecule has 1 aromatic carbocycles. The number of anilines is 1. The highest BCUT2D eigenvalue weighted by Gasteiger charge is 2.08. The van der Waals surface area contributed by atoms with Crippen molar-refractivity contribution in [3.8, 4) is 5.69 Å². The zero-order valence-corrected chi connectivity index (χ0v) is 16.3. The van der Waals surface area contributed by atoms with Gasteiger partial charge in [-0.3, -0.25) is 14.2 Å². The van der Waals surface area contributed by atoms with Crippen LogP contribution in [0.1, 0.15) is 9.67 Å². The maximum Gasteiger partial charge on any atom is 0.261 e. The first-order valence-electron chi connectivity index (χ1n) is 8.34. The summed E-state index contributed by atoms with van der Waals surface area (Å²) in [5.74, 6) is -0.234. The van der Waals surface area contributed by atoms with Crippen molar-refractivity contribution in [1.29, 1.82) is 5.41 Å². The molecule has 0 radical (unpaired) electrons. The summed E-state index contributed by atoms with van der Waals surface area (Å²) in [7, 11) is 0. The van der Waals surface area contributed by atoms with E-state index < -0.39 is 0 Å². The van der Waals surface area contributed by atoms with Crippen LogP contribution in [0.15, 0.2) is 77.4 Å². The van der Waals surface area contributed by atoms with Crippen LogP contribution in [-0.2, 0) is 0 Å². The van der Waals surface area contributed by atoms with Crippen LogP contribution < -0.4 is 16.2 Å².